The highest BCUT2D eigenvalue weighted by Gasteiger charge is 2.49. The van der Waals surface area contributed by atoms with Crippen molar-refractivity contribution in [3.8, 4) is 0 Å². The smallest absolute Gasteiger partial charge is 0.309 e. The van der Waals surface area contributed by atoms with E-state index in [2.05, 4.69) is 9.71 Å². The number of carbonyl (C=O) groups excluding carboxylic acids is 3. The lowest BCUT2D eigenvalue weighted by Crippen LogP contribution is -2.54. The van der Waals surface area contributed by atoms with Crippen molar-refractivity contribution in [2.45, 2.75) is 31.8 Å². The van der Waals surface area contributed by atoms with Gasteiger partial charge in [-0.15, -0.1) is 4.28 Å². The number of amides is 4. The van der Waals surface area contributed by atoms with Crippen molar-refractivity contribution in [2.75, 3.05) is 13.6 Å². The SMILES string of the molecule is CC(=O)N(C)NC(=O)[C@@H]1CC[C@@H]2CN1C(=O)N2OS(=O)(=O)O. The molecule has 2 saturated heterocycles. The van der Waals surface area contributed by atoms with Crippen LogP contribution >= 0.6 is 0 Å². The molecule has 2 aliphatic heterocycles. The van der Waals surface area contributed by atoms with Gasteiger partial charge in [0.2, 0.25) is 5.91 Å². The molecule has 0 aromatic heterocycles. The Balaban J connectivity index is 2.09. The fourth-order valence-corrected chi connectivity index (χ4v) is 2.81. The zero-order valence-corrected chi connectivity index (χ0v) is 12.7. The number of hydrogen-bond donors (Lipinski definition) is 2. The highest BCUT2D eigenvalue weighted by atomic mass is 32.3. The molecule has 22 heavy (non-hydrogen) atoms. The third kappa shape index (κ3) is 3.28. The summed E-state index contributed by atoms with van der Waals surface area (Å²) < 4.78 is 34.4. The van der Waals surface area contributed by atoms with Gasteiger partial charge in [-0.25, -0.2) is 4.79 Å². The average molecular weight is 336 g/mol. The molecule has 2 atom stereocenters. The van der Waals surface area contributed by atoms with Gasteiger partial charge >= 0.3 is 16.4 Å². The van der Waals surface area contributed by atoms with Gasteiger partial charge in [-0.05, 0) is 12.8 Å². The summed E-state index contributed by atoms with van der Waals surface area (Å²) in [6.45, 7) is 1.36. The fraction of sp³-hybridized carbons (Fsp3) is 0.700. The molecule has 0 spiro atoms. The number of carbonyl (C=O) groups is 3. The van der Waals surface area contributed by atoms with E-state index in [9.17, 15) is 22.8 Å². The quantitative estimate of drug-likeness (QED) is 0.472. The van der Waals surface area contributed by atoms with E-state index in [-0.39, 0.29) is 18.9 Å². The molecule has 2 N–H and O–H groups in total. The van der Waals surface area contributed by atoms with Crippen LogP contribution in [0.3, 0.4) is 0 Å². The molecule has 4 amide bonds. The number of hydrogen-bond acceptors (Lipinski definition) is 6. The van der Waals surface area contributed by atoms with E-state index < -0.39 is 34.4 Å². The molecule has 2 aliphatic rings. The van der Waals surface area contributed by atoms with Crippen LogP contribution in [-0.2, 0) is 24.3 Å². The Kier molecular flexibility index (Phi) is 4.26. The van der Waals surface area contributed by atoms with Crippen molar-refractivity contribution in [1.82, 2.24) is 20.4 Å². The largest absolute Gasteiger partial charge is 0.418 e. The Hall–Kier alpha value is -1.92. The summed E-state index contributed by atoms with van der Waals surface area (Å²) in [6.07, 6.45) is 0.596. The third-order valence-corrected chi connectivity index (χ3v) is 3.90. The van der Waals surface area contributed by atoms with Gasteiger partial charge in [0.1, 0.15) is 6.04 Å². The van der Waals surface area contributed by atoms with Crippen LogP contribution in [0.4, 0.5) is 4.79 Å². The molecule has 0 aromatic carbocycles. The first-order chi connectivity index (χ1) is 10.1. The highest BCUT2D eigenvalue weighted by molar-refractivity contribution is 7.80. The number of hydrazine groups is 1. The predicted molar refractivity (Wildman–Crippen MR) is 70.0 cm³/mol. The molecule has 0 saturated carbocycles. The lowest BCUT2D eigenvalue weighted by molar-refractivity contribution is -0.140. The third-order valence-electron chi connectivity index (χ3n) is 3.55. The van der Waals surface area contributed by atoms with Gasteiger partial charge in [0.05, 0.1) is 6.04 Å². The Labute approximate surface area is 126 Å². The monoisotopic (exact) mass is 336 g/mol. The van der Waals surface area contributed by atoms with E-state index in [0.717, 1.165) is 9.91 Å². The van der Waals surface area contributed by atoms with Crippen molar-refractivity contribution in [2.24, 2.45) is 0 Å². The van der Waals surface area contributed by atoms with Crippen LogP contribution in [0.15, 0.2) is 0 Å². The second kappa shape index (κ2) is 5.70. The van der Waals surface area contributed by atoms with Gasteiger partial charge in [0.15, 0.2) is 0 Å². The fourth-order valence-electron chi connectivity index (χ4n) is 2.42. The second-order valence-electron chi connectivity index (χ2n) is 5.06. The number of hydroxylamine groups is 2. The van der Waals surface area contributed by atoms with Gasteiger partial charge in [0, 0.05) is 20.5 Å². The molecule has 124 valence electrons. The summed E-state index contributed by atoms with van der Waals surface area (Å²) in [5.41, 5.74) is 2.34. The van der Waals surface area contributed by atoms with Gasteiger partial charge in [0.25, 0.3) is 5.91 Å². The van der Waals surface area contributed by atoms with Crippen LogP contribution in [0.1, 0.15) is 19.8 Å². The maximum absolute atomic E-state index is 12.1. The van der Waals surface area contributed by atoms with E-state index in [1.54, 1.807) is 0 Å². The Morgan fingerprint density at radius 1 is 1.41 bits per heavy atom. The van der Waals surface area contributed by atoms with Gasteiger partial charge in [-0.3, -0.25) is 24.6 Å². The number of urea groups is 1. The molecule has 2 rings (SSSR count). The summed E-state index contributed by atoms with van der Waals surface area (Å²) in [5, 5.41) is 1.54. The lowest BCUT2D eigenvalue weighted by Gasteiger charge is -2.30. The minimum absolute atomic E-state index is 0.0935. The lowest BCUT2D eigenvalue weighted by atomic mass is 10.0. The molecular formula is C10H16N4O7S. The zero-order valence-electron chi connectivity index (χ0n) is 11.9. The Morgan fingerprint density at radius 3 is 2.59 bits per heavy atom. The first-order valence-electron chi connectivity index (χ1n) is 6.42. The number of piperidine rings is 1. The number of nitrogens with one attached hydrogen (secondary N) is 1. The number of fused-ring (bicyclic) bond motifs is 2. The number of rotatable bonds is 3. The molecule has 12 heteroatoms. The van der Waals surface area contributed by atoms with E-state index in [1.807, 2.05) is 0 Å². The molecule has 2 heterocycles. The molecule has 11 nitrogen and oxygen atoms in total. The maximum atomic E-state index is 12.1. The second-order valence-corrected chi connectivity index (χ2v) is 6.07. The van der Waals surface area contributed by atoms with Crippen molar-refractivity contribution >= 4 is 28.2 Å². The highest BCUT2D eigenvalue weighted by Crippen LogP contribution is 2.30. The predicted octanol–water partition coefficient (Wildman–Crippen LogP) is -1.50. The average Bonchev–Trinajstić information content (AvgIpc) is 2.62. The summed E-state index contributed by atoms with van der Waals surface area (Å²) in [6, 6.07) is -2.24. The molecule has 0 radical (unpaired) electrons. The first kappa shape index (κ1) is 16.5. The van der Waals surface area contributed by atoms with E-state index in [1.165, 1.54) is 14.0 Å². The molecule has 0 aliphatic carbocycles. The molecule has 0 aromatic rings. The van der Waals surface area contributed by atoms with Crippen LogP contribution < -0.4 is 5.43 Å². The van der Waals surface area contributed by atoms with Gasteiger partial charge in [-0.2, -0.15) is 13.5 Å². The molecular weight excluding hydrogens is 320 g/mol. The van der Waals surface area contributed by atoms with E-state index in [4.69, 9.17) is 4.55 Å². The summed E-state index contributed by atoms with van der Waals surface area (Å²) in [5.74, 6) is -0.940. The minimum atomic E-state index is -4.82. The van der Waals surface area contributed by atoms with E-state index >= 15 is 0 Å². The van der Waals surface area contributed by atoms with Crippen LogP contribution in [0, 0.1) is 0 Å². The van der Waals surface area contributed by atoms with E-state index in [0.29, 0.717) is 11.5 Å². The van der Waals surface area contributed by atoms with Crippen LogP contribution in [-0.4, -0.2) is 71.5 Å². The topological polar surface area (TPSA) is 137 Å². The summed E-state index contributed by atoms with van der Waals surface area (Å²) in [7, 11) is -3.46. The van der Waals surface area contributed by atoms with Gasteiger partial charge < -0.3 is 4.90 Å². The first-order valence-corrected chi connectivity index (χ1v) is 7.78. The minimum Gasteiger partial charge on any atom is -0.309 e. The summed E-state index contributed by atoms with van der Waals surface area (Å²) in [4.78, 5) is 36.4. The van der Waals surface area contributed by atoms with Crippen LogP contribution in [0.2, 0.25) is 0 Å². The normalized spacial score (nSPS) is 24.4. The van der Waals surface area contributed by atoms with Gasteiger partial charge in [-0.1, -0.05) is 0 Å². The van der Waals surface area contributed by atoms with Crippen molar-refractivity contribution in [3.05, 3.63) is 0 Å². The summed E-state index contributed by atoms with van der Waals surface area (Å²) >= 11 is 0. The van der Waals surface area contributed by atoms with Crippen molar-refractivity contribution in [1.29, 1.82) is 0 Å². The van der Waals surface area contributed by atoms with Crippen molar-refractivity contribution < 1.29 is 31.6 Å². The molecule has 0 unspecified atom stereocenters. The Bertz CT molecular complexity index is 606. The zero-order chi connectivity index (χ0) is 16.7. The number of nitrogens with zero attached hydrogens (tertiary/aromatic N) is 3. The molecule has 2 bridgehead atoms. The van der Waals surface area contributed by atoms with Crippen LogP contribution in [0.5, 0.6) is 0 Å². The molecule has 2 fully saturated rings. The maximum Gasteiger partial charge on any atom is 0.418 e. The van der Waals surface area contributed by atoms with Crippen molar-refractivity contribution in [3.63, 3.8) is 0 Å². The van der Waals surface area contributed by atoms with Crippen LogP contribution in [0.25, 0.3) is 0 Å². The Morgan fingerprint density at radius 2 is 2.05 bits per heavy atom. The standard InChI is InChI=1S/C10H16N4O7S/c1-6(15)12(2)11-9(16)8-4-3-7-5-13(8)10(17)14(7)21-22(18,19)20/h7-8H,3-5H2,1-2H3,(H,11,16)(H,18,19,20)/t7-,8+/m1/s1.